The molecule has 0 saturated heterocycles. The summed E-state index contributed by atoms with van der Waals surface area (Å²) in [5.41, 5.74) is 1.75. The zero-order valence-corrected chi connectivity index (χ0v) is 18.0. The molecule has 0 spiro atoms. The van der Waals surface area contributed by atoms with Crippen LogP contribution in [0.15, 0.2) is 24.3 Å². The van der Waals surface area contributed by atoms with Crippen LogP contribution in [0.4, 0.5) is 0 Å². The van der Waals surface area contributed by atoms with E-state index >= 15 is 0 Å². The Labute approximate surface area is 165 Å². The van der Waals surface area contributed by atoms with Crippen molar-refractivity contribution in [3.05, 3.63) is 29.8 Å². The maximum atomic E-state index is 10.7. The van der Waals surface area contributed by atoms with Crippen LogP contribution in [-0.2, 0) is 14.3 Å². The van der Waals surface area contributed by atoms with E-state index in [0.29, 0.717) is 24.5 Å². The van der Waals surface area contributed by atoms with Gasteiger partial charge in [0.25, 0.3) is 0 Å². The topological polar surface area (TPSA) is 44.8 Å². The molecule has 0 aromatic heterocycles. The number of hydrogen-bond acceptors (Lipinski definition) is 4. The summed E-state index contributed by atoms with van der Waals surface area (Å²) in [6, 6.07) is 8.44. The van der Waals surface area contributed by atoms with Crippen LogP contribution in [0.3, 0.4) is 0 Å². The van der Waals surface area contributed by atoms with Gasteiger partial charge in [-0.25, -0.2) is 0 Å². The Morgan fingerprint density at radius 1 is 1.07 bits per heavy atom. The molecule has 2 unspecified atom stereocenters. The van der Waals surface area contributed by atoms with E-state index in [1.807, 2.05) is 19.1 Å². The zero-order valence-electron chi connectivity index (χ0n) is 18.0. The molecule has 2 atom stereocenters. The van der Waals surface area contributed by atoms with E-state index in [1.54, 1.807) is 0 Å². The molecule has 0 amide bonds. The van der Waals surface area contributed by atoms with Crippen LogP contribution in [0.1, 0.15) is 85.1 Å². The fourth-order valence-corrected chi connectivity index (χ4v) is 3.02. The number of carbonyl (C=O) groups is 1. The van der Waals surface area contributed by atoms with Crippen LogP contribution in [-0.4, -0.2) is 25.5 Å². The normalized spacial score (nSPS) is 13.9. The maximum Gasteiger partial charge on any atom is 0.302 e. The summed E-state index contributed by atoms with van der Waals surface area (Å²) < 4.78 is 16.4. The third-order valence-electron chi connectivity index (χ3n) is 5.10. The predicted molar refractivity (Wildman–Crippen MR) is 110 cm³/mol. The Balaban J connectivity index is 2.41. The summed E-state index contributed by atoms with van der Waals surface area (Å²) in [5.74, 6) is 1.18. The first-order valence-corrected chi connectivity index (χ1v) is 10.3. The van der Waals surface area contributed by atoms with Crippen molar-refractivity contribution in [3.8, 4) is 5.75 Å². The minimum atomic E-state index is -0.300. The minimum absolute atomic E-state index is 0.236. The molecule has 0 aliphatic rings. The molecule has 0 aliphatic carbocycles. The molecule has 0 saturated carbocycles. The highest BCUT2D eigenvalue weighted by Crippen LogP contribution is 2.36. The molecule has 1 rings (SSSR count). The first-order chi connectivity index (χ1) is 12.8. The lowest BCUT2D eigenvalue weighted by atomic mass is 9.77. The molecule has 27 heavy (non-hydrogen) atoms. The number of benzene rings is 1. The van der Waals surface area contributed by atoms with E-state index in [1.165, 1.54) is 25.3 Å². The van der Waals surface area contributed by atoms with E-state index in [9.17, 15) is 4.79 Å². The van der Waals surface area contributed by atoms with E-state index in [4.69, 9.17) is 14.2 Å². The minimum Gasteiger partial charge on any atom is -0.466 e. The first kappa shape index (κ1) is 23.5. The molecule has 0 fully saturated rings. The number of esters is 1. The second-order valence-corrected chi connectivity index (χ2v) is 8.00. The summed E-state index contributed by atoms with van der Waals surface area (Å²) in [4.78, 5) is 10.7. The average molecular weight is 379 g/mol. The summed E-state index contributed by atoms with van der Waals surface area (Å²) >= 11 is 0. The Morgan fingerprint density at radius 3 is 2.26 bits per heavy atom. The quantitative estimate of drug-likeness (QED) is 0.237. The second-order valence-electron chi connectivity index (χ2n) is 8.00. The largest absolute Gasteiger partial charge is 0.466 e. The number of unbranched alkanes of at least 4 members (excludes halogenated alkanes) is 1. The molecular weight excluding hydrogens is 340 g/mol. The standard InChI is InChI=1S/C23H38O4/c1-7-20(17-23(5,6)8-2)21-11-13-22(14-12-21)27-19(4)26-16-10-9-15-25-18(3)24/h11-14,19-20H,7-10,15-17H2,1-6H3. The molecular formula is C23H38O4. The van der Waals surface area contributed by atoms with Crippen molar-refractivity contribution in [2.75, 3.05) is 13.2 Å². The maximum absolute atomic E-state index is 10.7. The number of hydrogen-bond donors (Lipinski definition) is 0. The van der Waals surface area contributed by atoms with Gasteiger partial charge in [0, 0.05) is 6.92 Å². The predicted octanol–water partition coefficient (Wildman–Crippen LogP) is 6.09. The summed E-state index contributed by atoms with van der Waals surface area (Å²) in [5, 5.41) is 0. The first-order valence-electron chi connectivity index (χ1n) is 10.3. The molecule has 0 aliphatic heterocycles. The molecule has 0 N–H and O–H groups in total. The van der Waals surface area contributed by atoms with E-state index in [0.717, 1.165) is 25.0 Å². The van der Waals surface area contributed by atoms with Crippen LogP contribution in [0.5, 0.6) is 5.75 Å². The van der Waals surface area contributed by atoms with Crippen molar-refractivity contribution in [1.82, 2.24) is 0 Å². The van der Waals surface area contributed by atoms with Gasteiger partial charge in [0.15, 0.2) is 6.29 Å². The lowest BCUT2D eigenvalue weighted by Crippen LogP contribution is -2.17. The molecule has 1 aromatic rings. The van der Waals surface area contributed by atoms with E-state index < -0.39 is 0 Å². The van der Waals surface area contributed by atoms with E-state index in [-0.39, 0.29) is 12.3 Å². The summed E-state index contributed by atoms with van der Waals surface area (Å²) in [6.07, 6.45) is 4.88. The van der Waals surface area contributed by atoms with Crippen LogP contribution in [0.2, 0.25) is 0 Å². The van der Waals surface area contributed by atoms with Crippen LogP contribution >= 0.6 is 0 Å². The van der Waals surface area contributed by atoms with Gasteiger partial charge < -0.3 is 14.2 Å². The third-order valence-corrected chi connectivity index (χ3v) is 5.10. The van der Waals surface area contributed by atoms with Gasteiger partial charge in [0.1, 0.15) is 5.75 Å². The highest BCUT2D eigenvalue weighted by molar-refractivity contribution is 5.65. The SMILES string of the molecule is CCC(CC(C)(C)CC)c1ccc(OC(C)OCCCCOC(C)=O)cc1. The molecule has 0 heterocycles. The Hall–Kier alpha value is -1.55. The van der Waals surface area contributed by atoms with Gasteiger partial charge in [0.05, 0.1) is 13.2 Å². The number of carbonyl (C=O) groups excluding carboxylic acids is 1. The highest BCUT2D eigenvalue weighted by atomic mass is 16.7. The summed E-state index contributed by atoms with van der Waals surface area (Å²) in [6.45, 7) is 13.6. The molecule has 1 aromatic carbocycles. The van der Waals surface area contributed by atoms with Crippen molar-refractivity contribution < 1.29 is 19.0 Å². The lowest BCUT2D eigenvalue weighted by Gasteiger charge is -2.28. The Bertz CT molecular complexity index is 536. The van der Waals surface area contributed by atoms with Crippen LogP contribution in [0, 0.1) is 5.41 Å². The average Bonchev–Trinajstić information content (AvgIpc) is 2.63. The molecule has 154 valence electrons. The van der Waals surface area contributed by atoms with Crippen molar-refractivity contribution in [3.63, 3.8) is 0 Å². The Kier molecular flexibility index (Phi) is 10.5. The second kappa shape index (κ2) is 12.0. The Morgan fingerprint density at radius 2 is 1.70 bits per heavy atom. The molecule has 0 bridgehead atoms. The van der Waals surface area contributed by atoms with Gasteiger partial charge in [0.2, 0.25) is 0 Å². The lowest BCUT2D eigenvalue weighted by molar-refractivity contribution is -0.141. The monoisotopic (exact) mass is 378 g/mol. The summed E-state index contributed by atoms with van der Waals surface area (Å²) in [7, 11) is 0. The van der Waals surface area contributed by atoms with Crippen LogP contribution in [0.25, 0.3) is 0 Å². The van der Waals surface area contributed by atoms with Crippen LogP contribution < -0.4 is 4.74 Å². The fraction of sp³-hybridized carbons (Fsp3) is 0.696. The highest BCUT2D eigenvalue weighted by Gasteiger charge is 2.21. The van der Waals surface area contributed by atoms with Gasteiger partial charge in [-0.05, 0) is 61.6 Å². The van der Waals surface area contributed by atoms with Gasteiger partial charge in [-0.1, -0.05) is 46.2 Å². The number of rotatable bonds is 13. The molecule has 4 heteroatoms. The van der Waals surface area contributed by atoms with Crippen molar-refractivity contribution in [2.45, 2.75) is 85.9 Å². The van der Waals surface area contributed by atoms with Crippen molar-refractivity contribution in [2.24, 2.45) is 5.41 Å². The van der Waals surface area contributed by atoms with Crippen molar-refractivity contribution >= 4 is 5.97 Å². The number of ether oxygens (including phenoxy) is 3. The van der Waals surface area contributed by atoms with Gasteiger partial charge in [-0.3, -0.25) is 4.79 Å². The van der Waals surface area contributed by atoms with Crippen molar-refractivity contribution in [1.29, 1.82) is 0 Å². The molecule has 0 radical (unpaired) electrons. The van der Waals surface area contributed by atoms with Gasteiger partial charge in [-0.2, -0.15) is 0 Å². The third kappa shape index (κ3) is 9.81. The van der Waals surface area contributed by atoms with Gasteiger partial charge >= 0.3 is 5.97 Å². The molecule has 4 nitrogen and oxygen atoms in total. The van der Waals surface area contributed by atoms with Gasteiger partial charge in [-0.15, -0.1) is 0 Å². The smallest absolute Gasteiger partial charge is 0.302 e. The fourth-order valence-electron chi connectivity index (χ4n) is 3.02. The zero-order chi connectivity index (χ0) is 20.3. The van der Waals surface area contributed by atoms with E-state index in [2.05, 4.69) is 39.8 Å².